The second-order valence-electron chi connectivity index (χ2n) is 5.80. The van der Waals surface area contributed by atoms with Crippen LogP contribution >= 0.6 is 11.6 Å². The molecule has 28 heavy (non-hydrogen) atoms. The number of nitrogens with one attached hydrogen (secondary N) is 1. The average Bonchev–Trinajstić information content (AvgIpc) is 3.12. The van der Waals surface area contributed by atoms with E-state index in [1.807, 2.05) is 30.3 Å². The van der Waals surface area contributed by atoms with Gasteiger partial charge in [0.25, 0.3) is 0 Å². The minimum Gasteiger partial charge on any atom is -0.463 e. The molecule has 3 rings (SSSR count). The number of rotatable bonds is 6. The number of carbonyl (C=O) groups excluding carboxylic acids is 2. The van der Waals surface area contributed by atoms with Crippen LogP contribution in [0.5, 0.6) is 0 Å². The largest absolute Gasteiger partial charge is 0.463 e. The van der Waals surface area contributed by atoms with E-state index in [1.54, 1.807) is 0 Å². The Morgan fingerprint density at radius 1 is 1.21 bits per heavy atom. The smallest absolute Gasteiger partial charge is 0.375 e. The molecule has 1 amide bonds. The molecule has 0 aliphatic carbocycles. The number of hydrogen-bond donors (Lipinski definition) is 1. The van der Waals surface area contributed by atoms with E-state index in [9.17, 15) is 14.0 Å². The summed E-state index contributed by atoms with van der Waals surface area (Å²) in [4.78, 5) is 28.3. The maximum absolute atomic E-state index is 13.7. The maximum Gasteiger partial charge on any atom is 0.375 e. The first-order valence-electron chi connectivity index (χ1n) is 8.27. The van der Waals surface area contributed by atoms with Crippen molar-refractivity contribution in [3.8, 4) is 11.4 Å². The molecule has 0 saturated carbocycles. The molecule has 7 nitrogen and oxygen atoms in total. The lowest BCUT2D eigenvalue weighted by Gasteiger charge is -2.06. The van der Waals surface area contributed by atoms with Crippen LogP contribution in [0.4, 0.5) is 4.39 Å². The predicted octanol–water partition coefficient (Wildman–Crippen LogP) is 2.84. The summed E-state index contributed by atoms with van der Waals surface area (Å²) in [5.74, 6) is -1.86. The molecule has 0 saturated heterocycles. The van der Waals surface area contributed by atoms with E-state index >= 15 is 0 Å². The van der Waals surface area contributed by atoms with Gasteiger partial charge in [0.05, 0.1) is 12.1 Å². The SMILES string of the molecule is COC(=O)c1nc(-c2ccc(Cl)c(F)c2)nn1CC(=O)NCc1ccccc1. The van der Waals surface area contributed by atoms with Gasteiger partial charge in [0.1, 0.15) is 12.4 Å². The molecular formula is C19H16ClFN4O3. The molecule has 9 heteroatoms. The lowest BCUT2D eigenvalue weighted by atomic mass is 10.2. The van der Waals surface area contributed by atoms with Gasteiger partial charge < -0.3 is 10.1 Å². The fourth-order valence-corrected chi connectivity index (χ4v) is 2.56. The summed E-state index contributed by atoms with van der Waals surface area (Å²) < 4.78 is 19.5. The standard InChI is InChI=1S/C19H16ClFN4O3/c1-28-19(27)18-23-17(13-7-8-14(20)15(21)9-13)24-25(18)11-16(26)22-10-12-5-3-2-4-6-12/h2-9H,10-11H2,1H3,(H,22,26). The maximum atomic E-state index is 13.7. The van der Waals surface area contributed by atoms with Gasteiger partial charge in [-0.2, -0.15) is 0 Å². The molecule has 2 aromatic carbocycles. The summed E-state index contributed by atoms with van der Waals surface area (Å²) in [5, 5.41) is 6.84. The quantitative estimate of drug-likeness (QED) is 0.641. The molecule has 1 N–H and O–H groups in total. The summed E-state index contributed by atoms with van der Waals surface area (Å²) in [6.07, 6.45) is 0. The number of esters is 1. The number of hydrogen-bond acceptors (Lipinski definition) is 5. The van der Waals surface area contributed by atoms with E-state index in [2.05, 4.69) is 15.4 Å². The van der Waals surface area contributed by atoms with Crippen molar-refractivity contribution in [1.82, 2.24) is 20.1 Å². The molecule has 0 atom stereocenters. The third-order valence-corrected chi connectivity index (χ3v) is 4.15. The van der Waals surface area contributed by atoms with Crippen LogP contribution < -0.4 is 5.32 Å². The van der Waals surface area contributed by atoms with Crippen LogP contribution in [0.1, 0.15) is 16.2 Å². The Bertz CT molecular complexity index is 1010. The van der Waals surface area contributed by atoms with Gasteiger partial charge >= 0.3 is 5.97 Å². The average molecular weight is 403 g/mol. The minimum atomic E-state index is -0.760. The summed E-state index contributed by atoms with van der Waals surface area (Å²) >= 11 is 5.68. The molecule has 144 valence electrons. The Hall–Kier alpha value is -3.26. The Balaban J connectivity index is 1.80. The molecule has 0 aliphatic rings. The molecule has 1 heterocycles. The zero-order valence-corrected chi connectivity index (χ0v) is 15.6. The first-order chi connectivity index (χ1) is 13.5. The number of benzene rings is 2. The fraction of sp³-hybridized carbons (Fsp3) is 0.158. The molecule has 1 aromatic heterocycles. The van der Waals surface area contributed by atoms with Crippen LogP contribution in [0, 0.1) is 5.82 Å². The molecule has 0 fully saturated rings. The van der Waals surface area contributed by atoms with Crippen molar-refractivity contribution in [3.63, 3.8) is 0 Å². The van der Waals surface area contributed by atoms with E-state index in [-0.39, 0.29) is 29.1 Å². The van der Waals surface area contributed by atoms with Gasteiger partial charge in [0.2, 0.25) is 11.7 Å². The number of halogens is 2. The van der Waals surface area contributed by atoms with Gasteiger partial charge in [0, 0.05) is 12.1 Å². The van der Waals surface area contributed by atoms with E-state index < -0.39 is 11.8 Å². The highest BCUT2D eigenvalue weighted by Crippen LogP contribution is 2.22. The van der Waals surface area contributed by atoms with Crippen molar-refractivity contribution in [2.45, 2.75) is 13.1 Å². The van der Waals surface area contributed by atoms with Crippen LogP contribution in [-0.4, -0.2) is 33.8 Å². The van der Waals surface area contributed by atoms with Gasteiger partial charge in [-0.1, -0.05) is 41.9 Å². The fourth-order valence-electron chi connectivity index (χ4n) is 2.44. The number of amides is 1. The van der Waals surface area contributed by atoms with Crippen molar-refractivity contribution >= 4 is 23.5 Å². The number of methoxy groups -OCH3 is 1. The monoisotopic (exact) mass is 402 g/mol. The van der Waals surface area contributed by atoms with Crippen molar-refractivity contribution in [2.75, 3.05) is 7.11 Å². The predicted molar refractivity (Wildman–Crippen MR) is 100 cm³/mol. The molecule has 0 aliphatic heterocycles. The second-order valence-corrected chi connectivity index (χ2v) is 6.21. The van der Waals surface area contributed by atoms with E-state index in [0.717, 1.165) is 16.3 Å². The topological polar surface area (TPSA) is 86.1 Å². The number of nitrogens with zero attached hydrogens (tertiary/aromatic N) is 3. The summed E-state index contributed by atoms with van der Waals surface area (Å²) in [6, 6.07) is 13.4. The molecule has 3 aromatic rings. The van der Waals surface area contributed by atoms with Gasteiger partial charge in [-0.3, -0.25) is 4.79 Å². The Kier molecular flexibility index (Phi) is 6.00. The molecule has 0 radical (unpaired) electrons. The van der Waals surface area contributed by atoms with Crippen LogP contribution in [0.25, 0.3) is 11.4 Å². The lowest BCUT2D eigenvalue weighted by Crippen LogP contribution is -2.29. The molecule has 0 bridgehead atoms. The highest BCUT2D eigenvalue weighted by Gasteiger charge is 2.21. The summed E-state index contributed by atoms with van der Waals surface area (Å²) in [6.45, 7) is 0.0809. The number of carbonyl (C=O) groups is 2. The first kappa shape index (κ1) is 19.5. The lowest BCUT2D eigenvalue weighted by molar-refractivity contribution is -0.122. The summed E-state index contributed by atoms with van der Waals surface area (Å²) in [5.41, 5.74) is 1.25. The second kappa shape index (κ2) is 8.62. The van der Waals surface area contributed by atoms with Gasteiger partial charge in [-0.05, 0) is 23.8 Å². The third-order valence-electron chi connectivity index (χ3n) is 3.84. The van der Waals surface area contributed by atoms with Gasteiger partial charge in [-0.25, -0.2) is 18.9 Å². The zero-order valence-electron chi connectivity index (χ0n) is 14.9. The highest BCUT2D eigenvalue weighted by molar-refractivity contribution is 6.30. The van der Waals surface area contributed by atoms with Crippen molar-refractivity contribution in [1.29, 1.82) is 0 Å². The van der Waals surface area contributed by atoms with Crippen LogP contribution in [-0.2, 0) is 22.6 Å². The van der Waals surface area contributed by atoms with Crippen LogP contribution in [0.2, 0.25) is 5.02 Å². The van der Waals surface area contributed by atoms with Crippen molar-refractivity contribution < 1.29 is 18.7 Å². The zero-order chi connectivity index (χ0) is 20.1. The Morgan fingerprint density at radius 3 is 2.64 bits per heavy atom. The van der Waals surface area contributed by atoms with Crippen LogP contribution in [0.15, 0.2) is 48.5 Å². The number of ether oxygens (including phenoxy) is 1. The first-order valence-corrected chi connectivity index (χ1v) is 8.65. The van der Waals surface area contributed by atoms with Gasteiger partial charge in [-0.15, -0.1) is 5.10 Å². The number of aromatic nitrogens is 3. The third kappa shape index (κ3) is 4.52. The summed E-state index contributed by atoms with van der Waals surface area (Å²) in [7, 11) is 1.19. The van der Waals surface area contributed by atoms with E-state index in [1.165, 1.54) is 19.2 Å². The molecule has 0 unspecified atom stereocenters. The van der Waals surface area contributed by atoms with Crippen molar-refractivity contribution in [2.24, 2.45) is 0 Å². The normalized spacial score (nSPS) is 10.5. The molecular weight excluding hydrogens is 387 g/mol. The minimum absolute atomic E-state index is 0.0448. The Morgan fingerprint density at radius 2 is 1.96 bits per heavy atom. The van der Waals surface area contributed by atoms with E-state index in [0.29, 0.717) is 12.1 Å². The highest BCUT2D eigenvalue weighted by atomic mass is 35.5. The van der Waals surface area contributed by atoms with Crippen molar-refractivity contribution in [3.05, 3.63) is 70.8 Å². The van der Waals surface area contributed by atoms with Crippen LogP contribution in [0.3, 0.4) is 0 Å². The van der Waals surface area contributed by atoms with E-state index in [4.69, 9.17) is 16.3 Å². The Labute approximate surface area is 165 Å². The molecule has 0 spiro atoms. The van der Waals surface area contributed by atoms with Gasteiger partial charge in [0.15, 0.2) is 5.82 Å².